The van der Waals surface area contributed by atoms with Gasteiger partial charge in [0.15, 0.2) is 0 Å². The van der Waals surface area contributed by atoms with Crippen LogP contribution in [0.15, 0.2) is 30.3 Å². The van der Waals surface area contributed by atoms with Gasteiger partial charge in [-0.05, 0) is 37.8 Å². The van der Waals surface area contributed by atoms with Gasteiger partial charge in [0.1, 0.15) is 0 Å². The highest BCUT2D eigenvalue weighted by Gasteiger charge is 2.52. The zero-order valence-electron chi connectivity index (χ0n) is 16.9. The Hall–Kier alpha value is -1.35. The van der Waals surface area contributed by atoms with Crippen LogP contribution in [-0.2, 0) is 4.79 Å². The van der Waals surface area contributed by atoms with Crippen molar-refractivity contribution in [2.75, 3.05) is 18.0 Å². The predicted octanol–water partition coefficient (Wildman–Crippen LogP) is 5.54. The number of hydrogen-bond donors (Lipinski definition) is 0. The van der Waals surface area contributed by atoms with Gasteiger partial charge in [0.25, 0.3) is 0 Å². The van der Waals surface area contributed by atoms with Crippen molar-refractivity contribution in [2.45, 2.75) is 95.1 Å². The highest BCUT2D eigenvalue weighted by Crippen LogP contribution is 2.44. The number of carbonyl (C=O) groups excluding carboxylic acids is 1. The van der Waals surface area contributed by atoms with Crippen LogP contribution in [0.25, 0.3) is 0 Å². The van der Waals surface area contributed by atoms with E-state index in [1.165, 1.54) is 77.3 Å². The Morgan fingerprint density at radius 2 is 1.33 bits per heavy atom. The summed E-state index contributed by atoms with van der Waals surface area (Å²) in [7, 11) is 0. The maximum atomic E-state index is 12.4. The van der Waals surface area contributed by atoms with Crippen molar-refractivity contribution in [1.82, 2.24) is 4.90 Å². The van der Waals surface area contributed by atoms with Gasteiger partial charge < -0.3 is 9.80 Å². The van der Waals surface area contributed by atoms with E-state index in [4.69, 9.17) is 0 Å². The van der Waals surface area contributed by atoms with Crippen molar-refractivity contribution in [3.8, 4) is 0 Å². The molecule has 0 unspecified atom stereocenters. The quantitative estimate of drug-likeness (QED) is 0.640. The Bertz CT molecular complexity index is 594. The number of benzene rings is 1. The molecule has 0 aromatic heterocycles. The van der Waals surface area contributed by atoms with Gasteiger partial charge in [-0.2, -0.15) is 0 Å². The molecule has 1 amide bonds. The van der Waals surface area contributed by atoms with E-state index in [0.717, 1.165) is 31.0 Å². The molecule has 1 aliphatic carbocycles. The van der Waals surface area contributed by atoms with E-state index < -0.39 is 0 Å². The van der Waals surface area contributed by atoms with Gasteiger partial charge in [-0.15, -0.1) is 0 Å². The topological polar surface area (TPSA) is 23.6 Å². The van der Waals surface area contributed by atoms with Crippen molar-refractivity contribution in [1.29, 1.82) is 0 Å². The molecule has 4 rings (SSSR count). The minimum atomic E-state index is 0.0996. The smallest absolute Gasteiger partial charge is 0.229 e. The molecule has 148 valence electrons. The lowest BCUT2D eigenvalue weighted by Crippen LogP contribution is -2.68. The fourth-order valence-electron chi connectivity index (χ4n) is 5.64. The Kier molecular flexibility index (Phi) is 6.17. The molecular formula is C24H36N2O. The highest BCUT2D eigenvalue weighted by atomic mass is 16.2. The number of β-lactam (4-membered cyclic amide) rings is 1. The summed E-state index contributed by atoms with van der Waals surface area (Å²) < 4.78 is 0. The third-order valence-electron chi connectivity index (χ3n) is 7.29. The van der Waals surface area contributed by atoms with Crippen LogP contribution in [0.5, 0.6) is 0 Å². The van der Waals surface area contributed by atoms with Crippen LogP contribution >= 0.6 is 0 Å². The van der Waals surface area contributed by atoms with E-state index >= 15 is 0 Å². The zero-order chi connectivity index (χ0) is 18.5. The van der Waals surface area contributed by atoms with E-state index in [1.54, 1.807) is 0 Å². The standard InChI is InChI=1S/C24H36N2O/c27-23-20-24(26(23)22-14-10-7-11-15-22)16-18-25(19-17-24)21-12-8-5-3-1-2-4-6-9-13-21/h7,10-11,14-15,21H,1-6,8-9,12-13,16-20H2. The molecule has 3 nitrogen and oxygen atoms in total. The van der Waals surface area contributed by atoms with Crippen LogP contribution in [0, 0.1) is 0 Å². The second kappa shape index (κ2) is 8.77. The van der Waals surface area contributed by atoms with E-state index in [0.29, 0.717) is 5.91 Å². The molecule has 0 N–H and O–H groups in total. The Balaban J connectivity index is 1.36. The molecule has 1 saturated carbocycles. The summed E-state index contributed by atoms with van der Waals surface area (Å²) in [5.74, 6) is 0.310. The van der Waals surface area contributed by atoms with E-state index in [2.05, 4.69) is 21.9 Å². The average molecular weight is 369 g/mol. The second-order valence-electron chi connectivity index (χ2n) is 9.06. The van der Waals surface area contributed by atoms with Crippen LogP contribution in [0.2, 0.25) is 0 Å². The maximum absolute atomic E-state index is 12.4. The summed E-state index contributed by atoms with van der Waals surface area (Å²) in [6, 6.07) is 11.1. The first-order valence-electron chi connectivity index (χ1n) is 11.4. The van der Waals surface area contributed by atoms with Crippen LogP contribution in [0.4, 0.5) is 5.69 Å². The number of hydrogen-bond acceptors (Lipinski definition) is 2. The van der Waals surface area contributed by atoms with Gasteiger partial charge in [0, 0.05) is 24.8 Å². The molecular weight excluding hydrogens is 332 g/mol. The Morgan fingerprint density at radius 1 is 0.778 bits per heavy atom. The highest BCUT2D eigenvalue weighted by molar-refractivity contribution is 6.02. The number of amides is 1. The molecule has 3 heteroatoms. The minimum Gasteiger partial charge on any atom is -0.306 e. The van der Waals surface area contributed by atoms with Crippen LogP contribution in [-0.4, -0.2) is 35.5 Å². The lowest BCUT2D eigenvalue weighted by molar-refractivity contribution is -0.129. The van der Waals surface area contributed by atoms with Crippen molar-refractivity contribution in [2.24, 2.45) is 0 Å². The summed E-state index contributed by atoms with van der Waals surface area (Å²) >= 11 is 0. The van der Waals surface area contributed by atoms with Gasteiger partial charge in [-0.3, -0.25) is 4.79 Å². The molecule has 1 aromatic rings. The zero-order valence-corrected chi connectivity index (χ0v) is 16.9. The first-order valence-corrected chi connectivity index (χ1v) is 11.4. The number of piperidine rings is 1. The molecule has 2 heterocycles. The molecule has 2 aliphatic heterocycles. The average Bonchev–Trinajstić information content (AvgIpc) is 2.75. The molecule has 0 radical (unpaired) electrons. The van der Waals surface area contributed by atoms with Crippen LogP contribution in [0.1, 0.15) is 83.5 Å². The summed E-state index contributed by atoms with van der Waals surface area (Å²) in [5, 5.41) is 0. The molecule has 3 fully saturated rings. The number of rotatable bonds is 2. The Labute approximate surface area is 165 Å². The molecule has 0 atom stereocenters. The normalized spacial score (nSPS) is 25.8. The fourth-order valence-corrected chi connectivity index (χ4v) is 5.64. The van der Waals surface area contributed by atoms with Crippen molar-refractivity contribution < 1.29 is 4.79 Å². The fraction of sp³-hybridized carbons (Fsp3) is 0.708. The molecule has 2 saturated heterocycles. The number of carbonyl (C=O) groups is 1. The third kappa shape index (κ3) is 4.23. The minimum absolute atomic E-state index is 0.0996. The molecule has 1 spiro atoms. The lowest BCUT2D eigenvalue weighted by Gasteiger charge is -2.56. The van der Waals surface area contributed by atoms with Gasteiger partial charge in [0.05, 0.1) is 12.0 Å². The second-order valence-corrected chi connectivity index (χ2v) is 9.06. The van der Waals surface area contributed by atoms with Gasteiger partial charge in [-0.25, -0.2) is 0 Å². The summed E-state index contributed by atoms with van der Waals surface area (Å²) in [5.41, 5.74) is 1.19. The van der Waals surface area contributed by atoms with Crippen molar-refractivity contribution >= 4 is 11.6 Å². The van der Waals surface area contributed by atoms with Gasteiger partial charge >= 0.3 is 0 Å². The molecule has 3 aliphatic rings. The molecule has 0 bridgehead atoms. The van der Waals surface area contributed by atoms with Crippen molar-refractivity contribution in [3.05, 3.63) is 30.3 Å². The monoisotopic (exact) mass is 368 g/mol. The maximum Gasteiger partial charge on any atom is 0.229 e. The van der Waals surface area contributed by atoms with Crippen molar-refractivity contribution in [3.63, 3.8) is 0 Å². The predicted molar refractivity (Wildman–Crippen MR) is 112 cm³/mol. The van der Waals surface area contributed by atoms with Gasteiger partial charge in [-0.1, -0.05) is 69.6 Å². The third-order valence-corrected chi connectivity index (χ3v) is 7.29. The van der Waals surface area contributed by atoms with E-state index in [9.17, 15) is 4.79 Å². The van der Waals surface area contributed by atoms with E-state index in [1.807, 2.05) is 18.2 Å². The summed E-state index contributed by atoms with van der Waals surface area (Å²) in [6.45, 7) is 2.34. The SMILES string of the molecule is O=C1CC2(CCN(C3CCCCCCCCCC3)CC2)N1c1ccccc1. The van der Waals surface area contributed by atoms with Crippen LogP contribution < -0.4 is 4.90 Å². The largest absolute Gasteiger partial charge is 0.306 e. The number of anilines is 1. The van der Waals surface area contributed by atoms with Crippen LogP contribution in [0.3, 0.4) is 0 Å². The van der Waals surface area contributed by atoms with E-state index in [-0.39, 0.29) is 5.54 Å². The first-order chi connectivity index (χ1) is 13.3. The number of nitrogens with zero attached hydrogens (tertiary/aromatic N) is 2. The first kappa shape index (κ1) is 19.0. The molecule has 27 heavy (non-hydrogen) atoms. The number of para-hydroxylation sites is 1. The lowest BCUT2D eigenvalue weighted by atomic mass is 9.75. The number of likely N-dealkylation sites (tertiary alicyclic amines) is 1. The van der Waals surface area contributed by atoms with Gasteiger partial charge in [0.2, 0.25) is 5.91 Å². The Morgan fingerprint density at radius 3 is 1.89 bits per heavy atom. The molecule has 1 aromatic carbocycles. The summed E-state index contributed by atoms with van der Waals surface area (Å²) in [6.07, 6.45) is 17.2. The summed E-state index contributed by atoms with van der Waals surface area (Å²) in [4.78, 5) is 17.3.